The molecule has 0 radical (unpaired) electrons. The zero-order valence-corrected chi connectivity index (χ0v) is 23.5. The highest BCUT2D eigenvalue weighted by Crippen LogP contribution is 2.44. The standard InChI is InChI=1S/C36H42O4/c1-3-36(30-21-12-17-26-15-7-9-19-28(26)30,31-22-13-18-27-16-8-10-20-29(27)31)23-11-5-4-6-14-25(2)35-34(39)33(38)32(24-37)40-35/h3,7-10,12-13,15-22,25,32-35,37-39H,1,4-6,11,14,23-24H2,2H3/t25?,32-,33-,34+,35+/m1/s1. The molecule has 0 bridgehead atoms. The Morgan fingerprint density at radius 3 is 1.88 bits per heavy atom. The van der Waals surface area contributed by atoms with Crippen LogP contribution in [0.1, 0.15) is 56.6 Å². The number of ether oxygens (including phenoxy) is 1. The molecule has 0 amide bonds. The van der Waals surface area contributed by atoms with Gasteiger partial charge in [0.15, 0.2) is 0 Å². The minimum atomic E-state index is -1.02. The van der Waals surface area contributed by atoms with E-state index in [-0.39, 0.29) is 17.9 Å². The van der Waals surface area contributed by atoms with Crippen molar-refractivity contribution >= 4 is 21.5 Å². The molecule has 4 aromatic carbocycles. The first-order valence-corrected chi connectivity index (χ1v) is 14.7. The lowest BCUT2D eigenvalue weighted by Gasteiger charge is -2.34. The summed E-state index contributed by atoms with van der Waals surface area (Å²) in [5.74, 6) is 0.111. The Balaban J connectivity index is 1.33. The smallest absolute Gasteiger partial charge is 0.111 e. The second-order valence-electron chi connectivity index (χ2n) is 11.5. The number of aliphatic hydroxyl groups excluding tert-OH is 3. The molecule has 210 valence electrons. The fourth-order valence-electron chi connectivity index (χ4n) is 6.75. The van der Waals surface area contributed by atoms with Crippen LogP contribution in [0.5, 0.6) is 0 Å². The third-order valence-corrected chi connectivity index (χ3v) is 9.01. The maximum absolute atomic E-state index is 10.4. The first-order valence-electron chi connectivity index (χ1n) is 14.7. The summed E-state index contributed by atoms with van der Waals surface area (Å²) in [4.78, 5) is 0. The molecule has 4 heteroatoms. The average Bonchev–Trinajstić information content (AvgIpc) is 3.29. The van der Waals surface area contributed by atoms with Crippen LogP contribution in [0.15, 0.2) is 97.6 Å². The molecule has 40 heavy (non-hydrogen) atoms. The van der Waals surface area contributed by atoms with Crippen LogP contribution in [-0.2, 0) is 10.2 Å². The van der Waals surface area contributed by atoms with Crippen LogP contribution >= 0.6 is 0 Å². The van der Waals surface area contributed by atoms with Crippen LogP contribution in [0.25, 0.3) is 21.5 Å². The number of allylic oxidation sites excluding steroid dienone is 1. The van der Waals surface area contributed by atoms with Gasteiger partial charge in [0.1, 0.15) is 18.3 Å². The van der Waals surface area contributed by atoms with Crippen molar-refractivity contribution in [1.29, 1.82) is 0 Å². The molecule has 1 aliphatic heterocycles. The zero-order valence-electron chi connectivity index (χ0n) is 23.5. The maximum atomic E-state index is 10.4. The zero-order chi connectivity index (χ0) is 28.1. The molecular weight excluding hydrogens is 496 g/mol. The molecule has 0 aliphatic carbocycles. The molecule has 5 rings (SSSR count). The molecule has 3 N–H and O–H groups in total. The fourth-order valence-corrected chi connectivity index (χ4v) is 6.75. The van der Waals surface area contributed by atoms with Gasteiger partial charge in [0.25, 0.3) is 0 Å². The summed E-state index contributed by atoms with van der Waals surface area (Å²) in [6.45, 7) is 6.21. The van der Waals surface area contributed by atoms with Gasteiger partial charge in [-0.25, -0.2) is 0 Å². The first kappa shape index (κ1) is 28.5. The Kier molecular flexibility index (Phi) is 9.02. The van der Waals surface area contributed by atoms with E-state index in [4.69, 9.17) is 4.74 Å². The lowest BCUT2D eigenvalue weighted by molar-refractivity contribution is -0.0417. The van der Waals surface area contributed by atoms with E-state index in [9.17, 15) is 15.3 Å². The summed E-state index contributed by atoms with van der Waals surface area (Å²) in [5.41, 5.74) is 2.27. The molecule has 0 spiro atoms. The number of aliphatic hydroxyl groups is 3. The van der Waals surface area contributed by atoms with E-state index < -0.39 is 24.4 Å². The SMILES string of the molecule is C=CC(CCCCCCC(C)[C@@H]1O[C@H](CO)[C@@H](O)[C@@H]1O)(c1cccc2ccccc12)c1cccc2ccccc12. The van der Waals surface area contributed by atoms with Gasteiger partial charge in [0.2, 0.25) is 0 Å². The van der Waals surface area contributed by atoms with Gasteiger partial charge in [-0.15, -0.1) is 6.58 Å². The minimum Gasteiger partial charge on any atom is -0.394 e. The van der Waals surface area contributed by atoms with Crippen molar-refractivity contribution in [2.45, 2.75) is 75.3 Å². The van der Waals surface area contributed by atoms with E-state index in [2.05, 4.69) is 105 Å². The minimum absolute atomic E-state index is 0.111. The number of hydrogen-bond acceptors (Lipinski definition) is 4. The monoisotopic (exact) mass is 538 g/mol. The van der Waals surface area contributed by atoms with Crippen LogP contribution in [0, 0.1) is 5.92 Å². The predicted octanol–water partition coefficient (Wildman–Crippen LogP) is 6.92. The maximum Gasteiger partial charge on any atom is 0.111 e. The van der Waals surface area contributed by atoms with Crippen molar-refractivity contribution in [3.63, 3.8) is 0 Å². The van der Waals surface area contributed by atoms with Gasteiger partial charge in [-0.1, -0.05) is 124 Å². The molecule has 4 nitrogen and oxygen atoms in total. The van der Waals surface area contributed by atoms with Gasteiger partial charge in [-0.3, -0.25) is 0 Å². The van der Waals surface area contributed by atoms with Gasteiger partial charge in [0.05, 0.1) is 12.7 Å². The molecular formula is C36H42O4. The van der Waals surface area contributed by atoms with Gasteiger partial charge >= 0.3 is 0 Å². The van der Waals surface area contributed by atoms with E-state index in [1.807, 2.05) is 0 Å². The van der Waals surface area contributed by atoms with Crippen LogP contribution in [0.3, 0.4) is 0 Å². The van der Waals surface area contributed by atoms with Crippen molar-refractivity contribution in [1.82, 2.24) is 0 Å². The van der Waals surface area contributed by atoms with E-state index in [0.717, 1.165) is 38.5 Å². The highest BCUT2D eigenvalue weighted by atomic mass is 16.6. The third-order valence-electron chi connectivity index (χ3n) is 9.01. The van der Waals surface area contributed by atoms with Crippen molar-refractivity contribution in [3.8, 4) is 0 Å². The highest BCUT2D eigenvalue weighted by molar-refractivity contribution is 5.91. The third kappa shape index (κ3) is 5.46. The van der Waals surface area contributed by atoms with E-state index in [1.165, 1.54) is 32.7 Å². The van der Waals surface area contributed by atoms with E-state index in [0.29, 0.717) is 0 Å². The van der Waals surface area contributed by atoms with E-state index in [1.54, 1.807) is 0 Å². The van der Waals surface area contributed by atoms with Crippen molar-refractivity contribution in [2.24, 2.45) is 5.92 Å². The van der Waals surface area contributed by atoms with Gasteiger partial charge < -0.3 is 20.1 Å². The van der Waals surface area contributed by atoms with E-state index >= 15 is 0 Å². The quantitative estimate of drug-likeness (QED) is 0.135. The van der Waals surface area contributed by atoms with Crippen molar-refractivity contribution in [3.05, 3.63) is 109 Å². The summed E-state index contributed by atoms with van der Waals surface area (Å²) in [7, 11) is 0. The topological polar surface area (TPSA) is 69.9 Å². The Morgan fingerprint density at radius 2 is 1.32 bits per heavy atom. The van der Waals surface area contributed by atoms with Crippen LogP contribution in [-0.4, -0.2) is 46.3 Å². The van der Waals surface area contributed by atoms with Gasteiger partial charge in [-0.05, 0) is 51.4 Å². The van der Waals surface area contributed by atoms with Gasteiger partial charge in [0, 0.05) is 5.41 Å². The summed E-state index contributed by atoms with van der Waals surface area (Å²) in [6.07, 6.45) is 5.20. The summed E-state index contributed by atoms with van der Waals surface area (Å²) in [6, 6.07) is 30.5. The van der Waals surface area contributed by atoms with Crippen molar-refractivity contribution in [2.75, 3.05) is 6.61 Å². The molecule has 1 fully saturated rings. The summed E-state index contributed by atoms with van der Waals surface area (Å²) in [5, 5.41) is 34.9. The molecule has 1 unspecified atom stereocenters. The largest absolute Gasteiger partial charge is 0.394 e. The molecule has 4 aromatic rings. The van der Waals surface area contributed by atoms with Crippen LogP contribution < -0.4 is 0 Å². The summed E-state index contributed by atoms with van der Waals surface area (Å²) >= 11 is 0. The average molecular weight is 539 g/mol. The second kappa shape index (κ2) is 12.7. The molecule has 0 aromatic heterocycles. The normalized spacial score (nSPS) is 22.1. The Bertz CT molecular complexity index is 1340. The molecule has 1 heterocycles. The summed E-state index contributed by atoms with van der Waals surface area (Å²) < 4.78 is 5.74. The first-order chi connectivity index (χ1) is 19.5. The van der Waals surface area contributed by atoms with Gasteiger partial charge in [-0.2, -0.15) is 0 Å². The lowest BCUT2D eigenvalue weighted by atomic mass is 9.68. The number of rotatable bonds is 12. The molecule has 1 aliphatic rings. The highest BCUT2D eigenvalue weighted by Gasteiger charge is 2.44. The van der Waals surface area contributed by atoms with Crippen LogP contribution in [0.2, 0.25) is 0 Å². The fraction of sp³-hybridized carbons (Fsp3) is 0.389. The second-order valence-corrected chi connectivity index (χ2v) is 11.5. The Hall–Kier alpha value is -3.02. The predicted molar refractivity (Wildman–Crippen MR) is 163 cm³/mol. The molecule has 5 atom stereocenters. The van der Waals surface area contributed by atoms with Crippen molar-refractivity contribution < 1.29 is 20.1 Å². The molecule has 0 saturated carbocycles. The number of fused-ring (bicyclic) bond motifs is 2. The Morgan fingerprint density at radius 1 is 0.775 bits per heavy atom. The Labute approximate surface area is 237 Å². The van der Waals surface area contributed by atoms with Crippen LogP contribution in [0.4, 0.5) is 0 Å². The number of benzene rings is 4. The molecule has 1 saturated heterocycles. The number of unbranched alkanes of at least 4 members (excludes halogenated alkanes) is 3. The number of hydrogen-bond donors (Lipinski definition) is 3. The lowest BCUT2D eigenvalue weighted by Crippen LogP contribution is -2.35.